The molecule has 0 aliphatic heterocycles. The van der Waals surface area contributed by atoms with Crippen LogP contribution >= 0.6 is 22.6 Å². The summed E-state index contributed by atoms with van der Waals surface area (Å²) in [4.78, 5) is 0. The molecule has 1 fully saturated rings. The second-order valence-corrected chi connectivity index (χ2v) is 4.35. The third kappa shape index (κ3) is 4.84. The number of hydrogen-bond donors (Lipinski definition) is 0. The summed E-state index contributed by atoms with van der Waals surface area (Å²) >= 11 is 2.58. The molecule has 2 heteroatoms. The Morgan fingerprint density at radius 3 is 1.89 bits per heavy atom. The van der Waals surface area contributed by atoms with Gasteiger partial charge in [0, 0.05) is 3.92 Å². The van der Waals surface area contributed by atoms with Gasteiger partial charge >= 0.3 is 23.1 Å². The van der Waals surface area contributed by atoms with E-state index in [0.29, 0.717) is 0 Å². The van der Waals surface area contributed by atoms with Crippen molar-refractivity contribution in [1.29, 1.82) is 0 Å². The standard InChI is InChI=1S/C7H13I.Mg.2H/c8-7-5-3-1-2-4-6-7;;;/h7H,1-6H2;;;/q;+2;2*-1. The molecule has 0 unspecified atom stereocenters. The minimum Gasteiger partial charge on any atom is -1.00 e. The van der Waals surface area contributed by atoms with Crippen molar-refractivity contribution in [3.05, 3.63) is 0 Å². The molecule has 0 spiro atoms. The summed E-state index contributed by atoms with van der Waals surface area (Å²) < 4.78 is 0.995. The molecule has 52 valence electrons. The Morgan fingerprint density at radius 1 is 1.00 bits per heavy atom. The zero-order valence-corrected chi connectivity index (χ0v) is 9.48. The van der Waals surface area contributed by atoms with Crippen LogP contribution in [0.2, 0.25) is 0 Å². The van der Waals surface area contributed by atoms with Gasteiger partial charge in [-0.25, -0.2) is 0 Å². The molecule has 0 heterocycles. The van der Waals surface area contributed by atoms with Crippen molar-refractivity contribution in [3.8, 4) is 0 Å². The SMILES string of the molecule is IC1CCCCCC1.[H-].[H-].[Mg+2]. The monoisotopic (exact) mass is 250 g/mol. The first-order chi connectivity index (χ1) is 3.89. The van der Waals surface area contributed by atoms with Gasteiger partial charge in [-0.1, -0.05) is 48.3 Å². The molecule has 0 aromatic rings. The second kappa shape index (κ2) is 6.22. The Balaban J connectivity index is -0.000000213. The second-order valence-electron chi connectivity index (χ2n) is 2.59. The molecule has 0 N–H and O–H groups in total. The fourth-order valence-corrected chi connectivity index (χ4v) is 2.11. The van der Waals surface area contributed by atoms with Crippen LogP contribution in [-0.4, -0.2) is 27.0 Å². The molecular weight excluding hydrogens is 235 g/mol. The molecule has 9 heavy (non-hydrogen) atoms. The maximum atomic E-state index is 2.58. The van der Waals surface area contributed by atoms with Crippen molar-refractivity contribution in [2.75, 3.05) is 0 Å². The smallest absolute Gasteiger partial charge is 1.00 e. The quantitative estimate of drug-likeness (QED) is 0.268. The van der Waals surface area contributed by atoms with E-state index in [1.165, 1.54) is 38.5 Å². The van der Waals surface area contributed by atoms with E-state index in [1.807, 2.05) is 0 Å². The van der Waals surface area contributed by atoms with E-state index in [2.05, 4.69) is 22.6 Å². The average Bonchev–Trinajstić information content (AvgIpc) is 1.94. The Hall–Kier alpha value is 1.50. The average molecular weight is 250 g/mol. The first kappa shape index (κ1) is 10.5. The molecule has 0 atom stereocenters. The van der Waals surface area contributed by atoms with Crippen LogP contribution in [0.25, 0.3) is 0 Å². The molecule has 1 aliphatic rings. The van der Waals surface area contributed by atoms with Crippen LogP contribution in [0.5, 0.6) is 0 Å². The predicted octanol–water partition coefficient (Wildman–Crippen LogP) is 2.99. The number of alkyl halides is 1. The molecule has 0 amide bonds. The molecular formula is C7H15IMg. The van der Waals surface area contributed by atoms with Gasteiger partial charge in [0.05, 0.1) is 0 Å². The Labute approximate surface area is 90.4 Å². The van der Waals surface area contributed by atoms with Crippen molar-refractivity contribution < 1.29 is 2.85 Å². The van der Waals surface area contributed by atoms with Crippen LogP contribution in [0.15, 0.2) is 0 Å². The van der Waals surface area contributed by atoms with Crippen LogP contribution in [0, 0.1) is 0 Å². The fourth-order valence-electron chi connectivity index (χ4n) is 1.23. The summed E-state index contributed by atoms with van der Waals surface area (Å²) in [6.45, 7) is 0. The molecule has 1 rings (SSSR count). The van der Waals surface area contributed by atoms with Crippen LogP contribution in [0.3, 0.4) is 0 Å². The Bertz CT molecular complexity index is 65.5. The molecule has 0 saturated heterocycles. The molecule has 0 bridgehead atoms. The van der Waals surface area contributed by atoms with E-state index in [-0.39, 0.29) is 25.9 Å². The topological polar surface area (TPSA) is 0 Å². The number of halogens is 1. The van der Waals surface area contributed by atoms with E-state index in [0.717, 1.165) is 3.92 Å². The summed E-state index contributed by atoms with van der Waals surface area (Å²) in [7, 11) is 0. The fraction of sp³-hybridized carbons (Fsp3) is 1.00. The summed E-state index contributed by atoms with van der Waals surface area (Å²) in [5, 5.41) is 0. The number of hydrogen-bond acceptors (Lipinski definition) is 0. The summed E-state index contributed by atoms with van der Waals surface area (Å²) in [5.74, 6) is 0. The third-order valence-corrected chi connectivity index (χ3v) is 3.03. The zero-order chi connectivity index (χ0) is 5.82. The van der Waals surface area contributed by atoms with Crippen molar-refractivity contribution in [2.24, 2.45) is 0 Å². The van der Waals surface area contributed by atoms with Gasteiger partial charge in [-0.2, -0.15) is 0 Å². The Kier molecular flexibility index (Phi) is 7.26. The van der Waals surface area contributed by atoms with Gasteiger partial charge in [-0.05, 0) is 12.8 Å². The van der Waals surface area contributed by atoms with E-state index < -0.39 is 0 Å². The molecule has 0 aromatic heterocycles. The Morgan fingerprint density at radius 2 is 1.44 bits per heavy atom. The summed E-state index contributed by atoms with van der Waals surface area (Å²) in [6, 6.07) is 0. The molecule has 0 radical (unpaired) electrons. The van der Waals surface area contributed by atoms with Crippen LogP contribution in [0.1, 0.15) is 41.4 Å². The molecule has 0 aromatic carbocycles. The van der Waals surface area contributed by atoms with Crippen LogP contribution < -0.4 is 0 Å². The maximum absolute atomic E-state index is 2.58. The van der Waals surface area contributed by atoms with E-state index in [1.54, 1.807) is 0 Å². The minimum absolute atomic E-state index is 0. The van der Waals surface area contributed by atoms with Gasteiger partial charge in [0.15, 0.2) is 0 Å². The maximum Gasteiger partial charge on any atom is 2.00 e. The van der Waals surface area contributed by atoms with E-state index in [4.69, 9.17) is 0 Å². The molecule has 0 nitrogen and oxygen atoms in total. The largest absolute Gasteiger partial charge is 2.00 e. The van der Waals surface area contributed by atoms with Crippen molar-refractivity contribution >= 4 is 45.6 Å². The van der Waals surface area contributed by atoms with E-state index >= 15 is 0 Å². The third-order valence-electron chi connectivity index (χ3n) is 1.78. The van der Waals surface area contributed by atoms with Gasteiger partial charge < -0.3 is 2.85 Å². The van der Waals surface area contributed by atoms with Gasteiger partial charge in [0.2, 0.25) is 0 Å². The van der Waals surface area contributed by atoms with Crippen molar-refractivity contribution in [2.45, 2.75) is 42.4 Å². The zero-order valence-electron chi connectivity index (χ0n) is 7.91. The van der Waals surface area contributed by atoms with Gasteiger partial charge in [0.1, 0.15) is 0 Å². The minimum atomic E-state index is 0. The van der Waals surface area contributed by atoms with Crippen LogP contribution in [0.4, 0.5) is 0 Å². The van der Waals surface area contributed by atoms with Gasteiger partial charge in [0.25, 0.3) is 0 Å². The van der Waals surface area contributed by atoms with Gasteiger partial charge in [-0.15, -0.1) is 0 Å². The first-order valence-electron chi connectivity index (χ1n) is 3.53. The number of rotatable bonds is 0. The molecule has 1 aliphatic carbocycles. The molecule has 1 saturated carbocycles. The van der Waals surface area contributed by atoms with Crippen molar-refractivity contribution in [1.82, 2.24) is 0 Å². The van der Waals surface area contributed by atoms with Crippen LogP contribution in [-0.2, 0) is 0 Å². The normalized spacial score (nSPS) is 22.3. The van der Waals surface area contributed by atoms with Gasteiger partial charge in [-0.3, -0.25) is 0 Å². The van der Waals surface area contributed by atoms with E-state index in [9.17, 15) is 0 Å². The van der Waals surface area contributed by atoms with Crippen molar-refractivity contribution in [3.63, 3.8) is 0 Å². The summed E-state index contributed by atoms with van der Waals surface area (Å²) in [5.41, 5.74) is 0. The first-order valence-corrected chi connectivity index (χ1v) is 4.78. The predicted molar refractivity (Wildman–Crippen MR) is 53.5 cm³/mol. The summed E-state index contributed by atoms with van der Waals surface area (Å²) in [6.07, 6.45) is 8.88.